The summed E-state index contributed by atoms with van der Waals surface area (Å²) in [4.78, 5) is 25.4. The van der Waals surface area contributed by atoms with Gasteiger partial charge in [-0.15, -0.1) is 0 Å². The molecule has 0 spiro atoms. The lowest BCUT2D eigenvalue weighted by atomic mass is 10.8. The van der Waals surface area contributed by atoms with Gasteiger partial charge in [0.15, 0.2) is 0 Å². The third kappa shape index (κ3) is 132000. The molecule has 0 unspecified atom stereocenters. The van der Waals surface area contributed by atoms with Gasteiger partial charge in [0, 0.05) is 0 Å². The maximum Gasteiger partial charge on any atom is 0.0675 e. The Morgan fingerprint density at radius 1 is 0.421 bits per heavy atom. The normalized spacial score (nSPS) is 11.4. The van der Waals surface area contributed by atoms with Crippen molar-refractivity contribution in [3.63, 3.8) is 0 Å². The number of hydrogen-bond donors (Lipinski definition) is 0. The van der Waals surface area contributed by atoms with Crippen molar-refractivity contribution in [1.29, 1.82) is 0 Å². The first kappa shape index (κ1) is 27.5. The summed E-state index contributed by atoms with van der Waals surface area (Å²) in [6.07, 6.45) is 0. The molecule has 19 heavy (non-hydrogen) atoms. The fourth-order valence-electron chi connectivity index (χ4n) is 0. The molecule has 0 aliphatic carbocycles. The molecule has 0 amide bonds. The van der Waals surface area contributed by atoms with Gasteiger partial charge in [0.05, 0.1) is 84.6 Å². The molecule has 0 bridgehead atoms. The molecule has 6 nitrogen and oxygen atoms in total. The van der Waals surface area contributed by atoms with Crippen LogP contribution in [0.1, 0.15) is 0 Å². The van der Waals surface area contributed by atoms with E-state index in [1.165, 1.54) is 0 Å². The fraction of sp³-hybridized carbons (Fsp3) is 1.00. The van der Waals surface area contributed by atoms with Crippen molar-refractivity contribution in [2.45, 2.75) is 0 Å². The second kappa shape index (κ2) is 12.0. The summed E-state index contributed by atoms with van der Waals surface area (Å²) in [5.41, 5.74) is 0. The van der Waals surface area contributed by atoms with Crippen molar-refractivity contribution < 1.29 is 28.1 Å². The number of rotatable bonds is 0. The quantitative estimate of drug-likeness (QED) is 0.394. The predicted octanol–water partition coefficient (Wildman–Crippen LogP) is -1.74. The standard InChI is InChI=1S/3C4H12N.O3P/c3*1-5(2,3)4;1-4(2)3/h3*1-4H3;/q3*+1;-3. The Morgan fingerprint density at radius 3 is 0.421 bits per heavy atom. The molecule has 0 heterocycles. The van der Waals surface area contributed by atoms with Crippen LogP contribution in [0.2, 0.25) is 0 Å². The second-order valence-electron chi connectivity index (χ2n) is 8.27. The molecule has 0 aliphatic heterocycles. The summed E-state index contributed by atoms with van der Waals surface area (Å²) in [5.74, 6) is 0. The van der Waals surface area contributed by atoms with Crippen LogP contribution in [0.3, 0.4) is 0 Å². The van der Waals surface area contributed by atoms with Gasteiger partial charge < -0.3 is 36.7 Å². The van der Waals surface area contributed by atoms with Crippen LogP contribution in [0.5, 0.6) is 0 Å². The Kier molecular flexibility index (Phi) is 17.3. The molecule has 0 N–H and O–H groups in total. The molecule has 0 radical (unpaired) electrons. The largest absolute Gasteiger partial charge is 0.854 e. The molecule has 0 fully saturated rings. The zero-order valence-corrected chi connectivity index (χ0v) is 15.9. The van der Waals surface area contributed by atoms with Crippen molar-refractivity contribution in [3.05, 3.63) is 0 Å². The van der Waals surface area contributed by atoms with Gasteiger partial charge in [0.2, 0.25) is 0 Å². The number of nitrogens with zero attached hydrogens (tertiary/aromatic N) is 3. The summed E-state index contributed by atoms with van der Waals surface area (Å²) in [6, 6.07) is 0. The molecule has 0 atom stereocenters. The first-order chi connectivity index (χ1) is 7.73. The monoisotopic (exact) mass is 301 g/mol. The summed E-state index contributed by atoms with van der Waals surface area (Å²) in [7, 11) is 22.1. The smallest absolute Gasteiger partial charge is 0.0675 e. The van der Waals surface area contributed by atoms with E-state index >= 15 is 0 Å². The zero-order chi connectivity index (χ0) is 17.1. The average molecular weight is 301 g/mol. The van der Waals surface area contributed by atoms with Gasteiger partial charge in [0.25, 0.3) is 0 Å². The lowest BCUT2D eigenvalue weighted by molar-refractivity contribution is -0.849. The van der Waals surface area contributed by atoms with Gasteiger partial charge >= 0.3 is 0 Å². The highest BCUT2D eigenvalue weighted by molar-refractivity contribution is 7.33. The van der Waals surface area contributed by atoms with Crippen molar-refractivity contribution >= 4 is 8.60 Å². The Balaban J connectivity index is -0.0000000793. The molecule has 7 heteroatoms. The molecule has 0 aliphatic rings. The molecular weight excluding hydrogens is 265 g/mol. The Hall–Kier alpha value is 0.190. The SMILES string of the molecule is C[N+](C)(C)C.C[N+](C)(C)C.C[N+](C)(C)C.[O-]P([O-])[O-]. The Bertz CT molecular complexity index is 133. The van der Waals surface area contributed by atoms with E-state index < -0.39 is 8.60 Å². The summed E-state index contributed by atoms with van der Waals surface area (Å²) in [6.45, 7) is 0. The Labute approximate surface area is 122 Å². The molecule has 0 rings (SSSR count). The maximum atomic E-state index is 8.48. The van der Waals surface area contributed by atoms with E-state index in [1.807, 2.05) is 0 Å². The fourth-order valence-corrected chi connectivity index (χ4v) is 0. The molecule has 0 aromatic rings. The van der Waals surface area contributed by atoms with Crippen molar-refractivity contribution in [3.8, 4) is 0 Å². The number of quaternary nitrogens is 3. The van der Waals surface area contributed by atoms with Crippen LogP contribution in [0.25, 0.3) is 0 Å². The minimum atomic E-state index is -3.37. The van der Waals surface area contributed by atoms with Gasteiger partial charge in [-0.3, -0.25) is 0 Å². The van der Waals surface area contributed by atoms with Crippen LogP contribution >= 0.6 is 8.60 Å². The minimum absolute atomic E-state index is 1.00. The topological polar surface area (TPSA) is 69.2 Å². The number of hydrogen-bond acceptors (Lipinski definition) is 3. The van der Waals surface area contributed by atoms with Crippen LogP contribution in [0.15, 0.2) is 0 Å². The van der Waals surface area contributed by atoms with Crippen LogP contribution in [0, 0.1) is 0 Å². The van der Waals surface area contributed by atoms with E-state index in [2.05, 4.69) is 84.6 Å². The average Bonchev–Trinajstić information content (AvgIpc) is 1.66. The van der Waals surface area contributed by atoms with Crippen LogP contribution < -0.4 is 14.7 Å². The first-order valence-corrected chi connectivity index (χ1v) is 7.01. The predicted molar refractivity (Wildman–Crippen MR) is 78.8 cm³/mol. The minimum Gasteiger partial charge on any atom is -0.854 e. The summed E-state index contributed by atoms with van der Waals surface area (Å²) < 4.78 is 3.00. The highest BCUT2D eigenvalue weighted by Crippen LogP contribution is 1.85. The first-order valence-electron chi connectivity index (χ1n) is 5.91. The zero-order valence-electron chi connectivity index (χ0n) is 15.0. The highest BCUT2D eigenvalue weighted by atomic mass is 31.2. The van der Waals surface area contributed by atoms with Gasteiger partial charge in [-0.2, -0.15) is 0 Å². The third-order valence-corrected chi connectivity index (χ3v) is 0. The van der Waals surface area contributed by atoms with Gasteiger partial charge in [-0.1, -0.05) is 0 Å². The molecule has 0 aromatic heterocycles. The molecule has 0 saturated carbocycles. The van der Waals surface area contributed by atoms with Gasteiger partial charge in [-0.25, -0.2) is 0 Å². The molecule has 0 saturated heterocycles. The van der Waals surface area contributed by atoms with Crippen molar-refractivity contribution in [2.24, 2.45) is 0 Å². The van der Waals surface area contributed by atoms with Gasteiger partial charge in [0.1, 0.15) is 0 Å². The lowest BCUT2D eigenvalue weighted by Gasteiger charge is -2.39. The van der Waals surface area contributed by atoms with E-state index in [0.29, 0.717) is 0 Å². The highest BCUT2D eigenvalue weighted by Gasteiger charge is 1.89. The second-order valence-corrected chi connectivity index (χ2v) is 8.72. The van der Waals surface area contributed by atoms with Gasteiger partial charge in [-0.05, 0) is 0 Å². The molecule has 0 aromatic carbocycles. The van der Waals surface area contributed by atoms with E-state index in [0.717, 1.165) is 13.4 Å². The Morgan fingerprint density at radius 2 is 0.421 bits per heavy atom. The van der Waals surface area contributed by atoms with E-state index in [-0.39, 0.29) is 0 Å². The third-order valence-electron chi connectivity index (χ3n) is 0. The van der Waals surface area contributed by atoms with E-state index in [9.17, 15) is 0 Å². The maximum absolute atomic E-state index is 8.48. The summed E-state index contributed by atoms with van der Waals surface area (Å²) >= 11 is 0. The van der Waals surface area contributed by atoms with Crippen LogP contribution in [0.4, 0.5) is 0 Å². The molecule has 122 valence electrons. The van der Waals surface area contributed by atoms with E-state index in [4.69, 9.17) is 14.7 Å². The van der Waals surface area contributed by atoms with Crippen LogP contribution in [-0.4, -0.2) is 98.0 Å². The van der Waals surface area contributed by atoms with Crippen molar-refractivity contribution in [2.75, 3.05) is 84.6 Å². The summed E-state index contributed by atoms with van der Waals surface area (Å²) in [5, 5.41) is 0. The van der Waals surface area contributed by atoms with E-state index in [1.54, 1.807) is 0 Å². The molecular formula is C12H36N3O3P. The lowest BCUT2D eigenvalue weighted by Crippen LogP contribution is -2.27. The van der Waals surface area contributed by atoms with Crippen LogP contribution in [-0.2, 0) is 0 Å². The van der Waals surface area contributed by atoms with Crippen molar-refractivity contribution in [1.82, 2.24) is 0 Å².